The summed E-state index contributed by atoms with van der Waals surface area (Å²) >= 11 is 6.79. The fraction of sp³-hybridized carbons (Fsp3) is 0.357. The molecule has 2 aliphatic heterocycles. The van der Waals surface area contributed by atoms with Crippen LogP contribution in [0.15, 0.2) is 42.5 Å². The fourth-order valence-electron chi connectivity index (χ4n) is 5.50. The SMILES string of the molecule is CN(C)CCOc1nc(N2CC3CCC(C2)N3)c2cc(Cl)c(-c3cc(O)cc4ccccc34)c(F)c2n1. The number of rotatable bonds is 6. The van der Waals surface area contributed by atoms with Gasteiger partial charge in [0.15, 0.2) is 5.82 Å². The summed E-state index contributed by atoms with van der Waals surface area (Å²) in [5, 5.41) is 16.4. The minimum Gasteiger partial charge on any atom is -0.508 e. The number of nitrogens with zero attached hydrogens (tertiary/aromatic N) is 4. The number of phenolic OH excluding ortho intramolecular Hbond substituents is 1. The molecule has 1 aromatic heterocycles. The van der Waals surface area contributed by atoms with Gasteiger partial charge in [0.25, 0.3) is 0 Å². The van der Waals surface area contributed by atoms with Crippen LogP contribution >= 0.6 is 11.6 Å². The standard InChI is InChI=1S/C28H29ClFN5O2/c1-34(2)9-10-37-28-32-26-22(27(33-28)35-14-17-7-8-18(15-35)31-17)13-23(29)24(25(26)30)21-12-19(36)11-16-5-3-4-6-20(16)21/h3-6,11-13,17-18,31,36H,7-10,14-15H2,1-2H3. The maximum absolute atomic E-state index is 16.5. The molecule has 2 fully saturated rings. The number of hydrogen-bond acceptors (Lipinski definition) is 7. The van der Waals surface area contributed by atoms with Crippen LogP contribution in [0.25, 0.3) is 32.8 Å². The van der Waals surface area contributed by atoms with Crippen molar-refractivity contribution in [3.8, 4) is 22.9 Å². The van der Waals surface area contributed by atoms with E-state index in [4.69, 9.17) is 21.3 Å². The van der Waals surface area contributed by atoms with Gasteiger partial charge in [-0.1, -0.05) is 35.9 Å². The van der Waals surface area contributed by atoms with Gasteiger partial charge in [-0.2, -0.15) is 9.97 Å². The monoisotopic (exact) mass is 521 g/mol. The van der Waals surface area contributed by atoms with Gasteiger partial charge in [0.1, 0.15) is 23.7 Å². The van der Waals surface area contributed by atoms with E-state index >= 15 is 4.39 Å². The van der Waals surface area contributed by atoms with Crippen LogP contribution in [0.5, 0.6) is 11.8 Å². The number of hydrogen-bond donors (Lipinski definition) is 2. The van der Waals surface area contributed by atoms with Crippen LogP contribution < -0.4 is 15.0 Å². The molecule has 0 radical (unpaired) electrons. The molecule has 0 spiro atoms. The highest BCUT2D eigenvalue weighted by Crippen LogP contribution is 2.42. The molecule has 2 bridgehead atoms. The third-order valence-electron chi connectivity index (χ3n) is 7.24. The molecular weight excluding hydrogens is 493 g/mol. The molecule has 37 heavy (non-hydrogen) atoms. The van der Waals surface area contributed by atoms with Crippen molar-refractivity contribution in [3.05, 3.63) is 53.3 Å². The first-order valence-electron chi connectivity index (χ1n) is 12.6. The second-order valence-corrected chi connectivity index (χ2v) is 10.6. The van der Waals surface area contributed by atoms with Crippen molar-refractivity contribution in [2.24, 2.45) is 0 Å². The minimum absolute atomic E-state index is 0.0386. The number of nitrogens with one attached hydrogen (secondary N) is 1. The number of fused-ring (bicyclic) bond motifs is 4. The number of piperazine rings is 1. The number of anilines is 1. The van der Waals surface area contributed by atoms with Gasteiger partial charge in [-0.3, -0.25) is 0 Å². The zero-order valence-corrected chi connectivity index (χ0v) is 21.6. The van der Waals surface area contributed by atoms with E-state index in [0.29, 0.717) is 42.0 Å². The van der Waals surface area contributed by atoms with Gasteiger partial charge in [-0.05, 0) is 61.5 Å². The lowest BCUT2D eigenvalue weighted by molar-refractivity contribution is 0.246. The van der Waals surface area contributed by atoms with Crippen LogP contribution in [-0.4, -0.2) is 72.4 Å². The Balaban J connectivity index is 1.54. The van der Waals surface area contributed by atoms with Crippen LogP contribution in [-0.2, 0) is 0 Å². The lowest BCUT2D eigenvalue weighted by Gasteiger charge is -2.34. The maximum atomic E-state index is 16.5. The van der Waals surface area contributed by atoms with Crippen molar-refractivity contribution in [2.45, 2.75) is 24.9 Å². The zero-order valence-electron chi connectivity index (χ0n) is 20.8. The van der Waals surface area contributed by atoms with Crippen molar-refractivity contribution in [1.29, 1.82) is 0 Å². The molecule has 0 aliphatic carbocycles. The first-order chi connectivity index (χ1) is 17.9. The molecule has 2 saturated heterocycles. The van der Waals surface area contributed by atoms with Gasteiger partial charge in [0.2, 0.25) is 0 Å². The first-order valence-corrected chi connectivity index (χ1v) is 13.0. The zero-order chi connectivity index (χ0) is 25.7. The number of aromatic nitrogens is 2. The Hall–Kier alpha value is -3.20. The summed E-state index contributed by atoms with van der Waals surface area (Å²) in [5.74, 6) is 0.116. The van der Waals surface area contributed by atoms with Crippen LogP contribution in [0.2, 0.25) is 5.02 Å². The van der Waals surface area contributed by atoms with E-state index in [1.807, 2.05) is 43.3 Å². The van der Waals surface area contributed by atoms with Crippen molar-refractivity contribution in [2.75, 3.05) is 45.2 Å². The molecule has 0 amide bonds. The molecule has 7 nitrogen and oxygen atoms in total. The number of ether oxygens (including phenoxy) is 1. The Morgan fingerprint density at radius 2 is 1.86 bits per heavy atom. The molecule has 3 heterocycles. The van der Waals surface area contributed by atoms with Crippen molar-refractivity contribution < 1.29 is 14.2 Å². The summed E-state index contributed by atoms with van der Waals surface area (Å²) in [7, 11) is 3.92. The number of aromatic hydroxyl groups is 1. The largest absolute Gasteiger partial charge is 0.508 e. The van der Waals surface area contributed by atoms with Gasteiger partial charge < -0.3 is 25.0 Å². The smallest absolute Gasteiger partial charge is 0.319 e. The van der Waals surface area contributed by atoms with Crippen LogP contribution in [0, 0.1) is 5.82 Å². The number of likely N-dealkylation sites (N-methyl/N-ethyl adjacent to an activating group) is 1. The Bertz CT molecular complexity index is 1490. The van der Waals surface area contributed by atoms with Crippen LogP contribution in [0.3, 0.4) is 0 Å². The maximum Gasteiger partial charge on any atom is 0.319 e. The normalized spacial score (nSPS) is 19.3. The highest BCUT2D eigenvalue weighted by Gasteiger charge is 2.34. The molecule has 2 unspecified atom stereocenters. The Morgan fingerprint density at radius 1 is 1.11 bits per heavy atom. The van der Waals surface area contributed by atoms with Gasteiger partial charge in [0, 0.05) is 42.7 Å². The number of benzene rings is 3. The summed E-state index contributed by atoms with van der Waals surface area (Å²) in [5.41, 5.74) is 0.864. The molecule has 9 heteroatoms. The lowest BCUT2D eigenvalue weighted by Crippen LogP contribution is -2.51. The van der Waals surface area contributed by atoms with E-state index in [9.17, 15) is 5.11 Å². The Morgan fingerprint density at radius 3 is 2.62 bits per heavy atom. The topological polar surface area (TPSA) is 73.8 Å². The first kappa shape index (κ1) is 24.2. The molecular formula is C28H29ClFN5O2. The molecule has 2 N–H and O–H groups in total. The molecule has 6 rings (SSSR count). The molecule has 4 aromatic rings. The molecule has 2 aliphatic rings. The van der Waals surface area contributed by atoms with Crippen LogP contribution in [0.4, 0.5) is 10.2 Å². The second kappa shape index (κ2) is 9.59. The van der Waals surface area contributed by atoms with Crippen molar-refractivity contribution in [3.63, 3.8) is 0 Å². The third-order valence-corrected chi connectivity index (χ3v) is 7.54. The van der Waals surface area contributed by atoms with E-state index in [-0.39, 0.29) is 27.9 Å². The molecule has 192 valence electrons. The average Bonchev–Trinajstić information content (AvgIpc) is 3.21. The Kier molecular flexibility index (Phi) is 6.26. The lowest BCUT2D eigenvalue weighted by atomic mass is 9.96. The van der Waals surface area contributed by atoms with E-state index in [1.165, 1.54) is 0 Å². The Labute approximate surface area is 219 Å². The van der Waals surface area contributed by atoms with Gasteiger partial charge in [-0.25, -0.2) is 4.39 Å². The van der Waals surface area contributed by atoms with Crippen molar-refractivity contribution in [1.82, 2.24) is 20.2 Å². The molecule has 0 saturated carbocycles. The summed E-state index contributed by atoms with van der Waals surface area (Å²) in [4.78, 5) is 13.5. The highest BCUT2D eigenvalue weighted by atomic mass is 35.5. The summed E-state index contributed by atoms with van der Waals surface area (Å²) < 4.78 is 22.4. The van der Waals surface area contributed by atoms with Gasteiger partial charge in [-0.15, -0.1) is 0 Å². The summed E-state index contributed by atoms with van der Waals surface area (Å²) in [6, 6.07) is 13.4. The predicted octanol–water partition coefficient (Wildman–Crippen LogP) is 4.83. The third kappa shape index (κ3) is 4.54. The second-order valence-electron chi connectivity index (χ2n) is 10.2. The molecule has 2 atom stereocenters. The van der Waals surface area contributed by atoms with Gasteiger partial charge >= 0.3 is 6.01 Å². The average molecular weight is 522 g/mol. The molecule has 3 aromatic carbocycles. The van der Waals surface area contributed by atoms with Gasteiger partial charge in [0.05, 0.1) is 5.02 Å². The predicted molar refractivity (Wildman–Crippen MR) is 145 cm³/mol. The number of phenols is 1. The van der Waals surface area contributed by atoms with E-state index in [1.54, 1.807) is 18.2 Å². The minimum atomic E-state index is -0.558. The van der Waals surface area contributed by atoms with E-state index < -0.39 is 5.82 Å². The number of halogens is 2. The van der Waals surface area contributed by atoms with Crippen LogP contribution in [0.1, 0.15) is 12.8 Å². The fourth-order valence-corrected chi connectivity index (χ4v) is 5.80. The quantitative estimate of drug-likeness (QED) is 0.376. The van der Waals surface area contributed by atoms with E-state index in [0.717, 1.165) is 36.7 Å². The summed E-state index contributed by atoms with van der Waals surface area (Å²) in [6.07, 6.45) is 2.22. The highest BCUT2D eigenvalue weighted by molar-refractivity contribution is 6.35. The van der Waals surface area contributed by atoms with E-state index in [2.05, 4.69) is 15.2 Å². The van der Waals surface area contributed by atoms with Crippen molar-refractivity contribution >= 4 is 39.1 Å². The summed E-state index contributed by atoms with van der Waals surface area (Å²) in [6.45, 7) is 2.61.